The number of ether oxygens (including phenoxy) is 1. The molecule has 0 aliphatic heterocycles. The number of nitrogens with zero attached hydrogens (tertiary/aromatic N) is 2. The smallest absolute Gasteiger partial charge is 0.169 e. The zero-order valence-corrected chi connectivity index (χ0v) is 16.8. The van der Waals surface area contributed by atoms with Crippen molar-refractivity contribution in [2.45, 2.75) is 19.5 Å². The van der Waals surface area contributed by atoms with Crippen molar-refractivity contribution in [3.05, 3.63) is 52.2 Å². The van der Waals surface area contributed by atoms with Gasteiger partial charge >= 0.3 is 0 Å². The van der Waals surface area contributed by atoms with Crippen LogP contribution >= 0.6 is 23.6 Å². The van der Waals surface area contributed by atoms with Crippen molar-refractivity contribution in [3.8, 4) is 5.75 Å². The van der Waals surface area contributed by atoms with Gasteiger partial charge in [0.25, 0.3) is 0 Å². The van der Waals surface area contributed by atoms with Crippen molar-refractivity contribution in [2.75, 3.05) is 34.3 Å². The van der Waals surface area contributed by atoms with Crippen molar-refractivity contribution in [1.82, 2.24) is 15.1 Å². The van der Waals surface area contributed by atoms with Crippen LogP contribution in [0.15, 0.2) is 41.8 Å². The minimum atomic E-state index is 0.720. The molecule has 0 atom stereocenters. The lowest BCUT2D eigenvalue weighted by Crippen LogP contribution is -2.40. The Balaban J connectivity index is 1.90. The first-order valence-corrected chi connectivity index (χ1v) is 9.70. The monoisotopic (exact) mass is 377 g/mol. The number of rotatable bonds is 9. The average molecular weight is 378 g/mol. The SMILES string of the molecule is COc1ccc(CNC(=S)N(CCCN(C)C)Cc2cccs2)cc1. The summed E-state index contributed by atoms with van der Waals surface area (Å²) in [4.78, 5) is 5.80. The van der Waals surface area contributed by atoms with Crippen LogP contribution in [-0.4, -0.2) is 49.2 Å². The molecule has 4 nitrogen and oxygen atoms in total. The molecule has 1 aromatic carbocycles. The zero-order chi connectivity index (χ0) is 18.1. The third kappa shape index (κ3) is 7.02. The molecule has 0 fully saturated rings. The predicted molar refractivity (Wildman–Crippen MR) is 110 cm³/mol. The van der Waals surface area contributed by atoms with Crippen molar-refractivity contribution < 1.29 is 4.74 Å². The summed E-state index contributed by atoms with van der Waals surface area (Å²) < 4.78 is 5.20. The van der Waals surface area contributed by atoms with E-state index in [1.165, 1.54) is 10.4 Å². The number of benzene rings is 1. The van der Waals surface area contributed by atoms with Crippen LogP contribution in [0.4, 0.5) is 0 Å². The Labute approximate surface area is 160 Å². The highest BCUT2D eigenvalue weighted by Gasteiger charge is 2.11. The van der Waals surface area contributed by atoms with Gasteiger partial charge in [-0.25, -0.2) is 0 Å². The van der Waals surface area contributed by atoms with Gasteiger partial charge in [-0.05, 0) is 68.4 Å². The van der Waals surface area contributed by atoms with Crippen LogP contribution in [0.25, 0.3) is 0 Å². The Bertz CT molecular complexity index is 627. The molecule has 1 heterocycles. The van der Waals surface area contributed by atoms with Crippen LogP contribution < -0.4 is 10.1 Å². The number of thiocarbonyl (C=S) groups is 1. The molecule has 1 N–H and O–H groups in total. The minimum Gasteiger partial charge on any atom is -0.497 e. The van der Waals surface area contributed by atoms with Gasteiger partial charge in [-0.3, -0.25) is 0 Å². The molecule has 25 heavy (non-hydrogen) atoms. The molecule has 2 rings (SSSR count). The fraction of sp³-hybridized carbons (Fsp3) is 0.421. The molecule has 0 aliphatic rings. The molecule has 0 aliphatic carbocycles. The molecule has 0 radical (unpaired) electrons. The summed E-state index contributed by atoms with van der Waals surface area (Å²) in [6.45, 7) is 3.59. The van der Waals surface area contributed by atoms with Gasteiger partial charge in [-0.15, -0.1) is 11.3 Å². The van der Waals surface area contributed by atoms with Gasteiger partial charge in [0.2, 0.25) is 0 Å². The summed E-state index contributed by atoms with van der Waals surface area (Å²) in [6, 6.07) is 12.3. The third-order valence-corrected chi connectivity index (χ3v) is 5.11. The predicted octanol–water partition coefficient (Wildman–Crippen LogP) is 3.59. The molecule has 0 saturated heterocycles. The third-order valence-electron chi connectivity index (χ3n) is 3.85. The van der Waals surface area contributed by atoms with Crippen LogP contribution in [-0.2, 0) is 13.1 Å². The van der Waals surface area contributed by atoms with Crippen LogP contribution in [0, 0.1) is 0 Å². The molecule has 136 valence electrons. The normalized spacial score (nSPS) is 10.7. The number of thiophene rings is 1. The maximum atomic E-state index is 5.66. The van der Waals surface area contributed by atoms with E-state index in [-0.39, 0.29) is 0 Å². The first-order chi connectivity index (χ1) is 12.1. The van der Waals surface area contributed by atoms with Crippen LogP contribution in [0.5, 0.6) is 5.75 Å². The molecule has 1 aromatic heterocycles. The van der Waals surface area contributed by atoms with E-state index in [9.17, 15) is 0 Å². The number of methoxy groups -OCH3 is 1. The van der Waals surface area contributed by atoms with Crippen molar-refractivity contribution in [1.29, 1.82) is 0 Å². The number of hydrogen-bond donors (Lipinski definition) is 1. The van der Waals surface area contributed by atoms with Gasteiger partial charge in [-0.2, -0.15) is 0 Å². The van der Waals surface area contributed by atoms with E-state index in [0.29, 0.717) is 0 Å². The van der Waals surface area contributed by atoms with Crippen LogP contribution in [0.1, 0.15) is 16.9 Å². The fourth-order valence-electron chi connectivity index (χ4n) is 2.45. The zero-order valence-electron chi connectivity index (χ0n) is 15.2. The quantitative estimate of drug-likeness (QED) is 0.674. The first kappa shape index (κ1) is 19.7. The van der Waals surface area contributed by atoms with Gasteiger partial charge in [0.05, 0.1) is 13.7 Å². The van der Waals surface area contributed by atoms with E-state index < -0.39 is 0 Å². The van der Waals surface area contributed by atoms with Crippen molar-refractivity contribution >= 4 is 28.7 Å². The van der Waals surface area contributed by atoms with Crippen LogP contribution in [0.2, 0.25) is 0 Å². The highest BCUT2D eigenvalue weighted by molar-refractivity contribution is 7.80. The minimum absolute atomic E-state index is 0.720. The molecule has 0 bridgehead atoms. The average Bonchev–Trinajstić information content (AvgIpc) is 3.12. The molecular weight excluding hydrogens is 350 g/mol. The van der Waals surface area contributed by atoms with E-state index in [2.05, 4.69) is 58.9 Å². The summed E-state index contributed by atoms with van der Waals surface area (Å²) in [5, 5.41) is 6.32. The Hall–Kier alpha value is -1.63. The Morgan fingerprint density at radius 3 is 2.52 bits per heavy atom. The van der Waals surface area contributed by atoms with E-state index in [0.717, 1.165) is 43.5 Å². The lowest BCUT2D eigenvalue weighted by molar-refractivity contribution is 0.342. The Kier molecular flexibility index (Phi) is 8.18. The van der Waals surface area contributed by atoms with E-state index >= 15 is 0 Å². The standard InChI is InChI=1S/C19H27N3OS2/c1-21(2)11-5-12-22(15-18-6-4-13-25-18)19(24)20-14-16-7-9-17(23-3)10-8-16/h4,6-10,13H,5,11-12,14-15H2,1-3H3,(H,20,24). The van der Waals surface area contributed by atoms with Gasteiger partial charge < -0.3 is 19.9 Å². The Morgan fingerprint density at radius 1 is 1.16 bits per heavy atom. The van der Waals surface area contributed by atoms with Gasteiger partial charge in [0.1, 0.15) is 5.75 Å². The summed E-state index contributed by atoms with van der Waals surface area (Å²) in [5.41, 5.74) is 1.19. The lowest BCUT2D eigenvalue weighted by atomic mass is 10.2. The van der Waals surface area contributed by atoms with Crippen LogP contribution in [0.3, 0.4) is 0 Å². The summed E-state index contributed by atoms with van der Waals surface area (Å²) in [7, 11) is 5.88. The van der Waals surface area contributed by atoms with Crippen molar-refractivity contribution in [2.24, 2.45) is 0 Å². The molecular formula is C19H27N3OS2. The van der Waals surface area contributed by atoms with E-state index in [1.807, 2.05) is 12.1 Å². The summed E-state index contributed by atoms with van der Waals surface area (Å²) >= 11 is 7.43. The van der Waals surface area contributed by atoms with Gasteiger partial charge in [0.15, 0.2) is 5.11 Å². The molecule has 0 spiro atoms. The number of hydrogen-bond acceptors (Lipinski definition) is 4. The molecule has 2 aromatic rings. The second-order valence-corrected chi connectivity index (χ2v) is 7.58. The van der Waals surface area contributed by atoms with E-state index in [1.54, 1.807) is 18.4 Å². The fourth-order valence-corrected chi connectivity index (χ4v) is 3.40. The molecule has 0 saturated carbocycles. The second-order valence-electron chi connectivity index (χ2n) is 6.16. The summed E-state index contributed by atoms with van der Waals surface area (Å²) in [5.74, 6) is 0.870. The van der Waals surface area contributed by atoms with E-state index in [4.69, 9.17) is 17.0 Å². The lowest BCUT2D eigenvalue weighted by Gasteiger charge is -2.26. The topological polar surface area (TPSA) is 27.7 Å². The highest BCUT2D eigenvalue weighted by Crippen LogP contribution is 2.14. The van der Waals surface area contributed by atoms with Crippen molar-refractivity contribution in [3.63, 3.8) is 0 Å². The number of nitrogens with one attached hydrogen (secondary N) is 1. The molecule has 0 unspecified atom stereocenters. The van der Waals surface area contributed by atoms with Gasteiger partial charge in [0, 0.05) is 18.0 Å². The maximum absolute atomic E-state index is 5.66. The molecule has 0 amide bonds. The largest absolute Gasteiger partial charge is 0.497 e. The Morgan fingerprint density at radius 2 is 1.92 bits per heavy atom. The molecule has 6 heteroatoms. The first-order valence-electron chi connectivity index (χ1n) is 8.41. The highest BCUT2D eigenvalue weighted by atomic mass is 32.1. The maximum Gasteiger partial charge on any atom is 0.169 e. The summed E-state index contributed by atoms with van der Waals surface area (Å²) in [6.07, 6.45) is 1.09. The second kappa shape index (κ2) is 10.4. The van der Waals surface area contributed by atoms with Gasteiger partial charge in [-0.1, -0.05) is 18.2 Å².